The molecule has 1 aromatic heterocycles. The average molecular weight is 437 g/mol. The molecule has 1 fully saturated rings. The first-order valence-electron chi connectivity index (χ1n) is 10.1. The van der Waals surface area contributed by atoms with Crippen molar-refractivity contribution in [2.75, 3.05) is 20.2 Å². The Labute approximate surface area is 183 Å². The van der Waals surface area contributed by atoms with E-state index in [0.29, 0.717) is 24.5 Å². The van der Waals surface area contributed by atoms with Crippen LogP contribution in [0.15, 0.2) is 42.5 Å². The van der Waals surface area contributed by atoms with E-state index in [-0.39, 0.29) is 28.8 Å². The SMILES string of the molecule is [C-]#[N+]c1ccc(-c2nc(C(=O)N3CCC[C@H](N)C3)c(F)n2-c2ccc(OC)cc2)cc1F. The second-order valence-corrected chi connectivity index (χ2v) is 7.54. The molecule has 2 N–H and O–H groups in total. The fraction of sp³-hybridized carbons (Fsp3) is 0.261. The van der Waals surface area contributed by atoms with Gasteiger partial charge in [0.1, 0.15) is 17.4 Å². The second kappa shape index (κ2) is 8.77. The van der Waals surface area contributed by atoms with Gasteiger partial charge in [-0.1, -0.05) is 12.1 Å². The Kier molecular flexibility index (Phi) is 5.88. The number of amides is 1. The van der Waals surface area contributed by atoms with Gasteiger partial charge in [0.2, 0.25) is 11.6 Å². The molecule has 1 saturated heterocycles. The Bertz CT molecular complexity index is 1200. The zero-order chi connectivity index (χ0) is 22.8. The lowest BCUT2D eigenvalue weighted by atomic mass is 10.1. The molecule has 3 aromatic rings. The van der Waals surface area contributed by atoms with Crippen LogP contribution in [-0.2, 0) is 0 Å². The number of piperidine rings is 1. The summed E-state index contributed by atoms with van der Waals surface area (Å²) < 4.78 is 36.3. The van der Waals surface area contributed by atoms with Gasteiger partial charge in [0, 0.05) is 24.7 Å². The van der Waals surface area contributed by atoms with Crippen molar-refractivity contribution in [1.82, 2.24) is 14.5 Å². The standard InChI is InChI=1S/C23H21F2N5O2/c1-27-19-10-5-14(12-18(19)24)22-28-20(23(31)29-11-3-4-15(26)13-29)21(25)30(22)16-6-8-17(32-2)9-7-16/h5-10,12,15H,3-4,11,13,26H2,2H3/t15-/m0/s1. The summed E-state index contributed by atoms with van der Waals surface area (Å²) in [6.45, 7) is 7.81. The fourth-order valence-electron chi connectivity index (χ4n) is 3.78. The zero-order valence-electron chi connectivity index (χ0n) is 17.4. The molecule has 2 heterocycles. The van der Waals surface area contributed by atoms with E-state index in [1.807, 2.05) is 0 Å². The predicted molar refractivity (Wildman–Crippen MR) is 115 cm³/mol. The van der Waals surface area contributed by atoms with E-state index in [9.17, 15) is 9.18 Å². The van der Waals surface area contributed by atoms with Crippen molar-refractivity contribution in [2.24, 2.45) is 5.73 Å². The first kappa shape index (κ1) is 21.5. The van der Waals surface area contributed by atoms with Gasteiger partial charge in [-0.05, 0) is 43.2 Å². The number of hydrogen-bond donors (Lipinski definition) is 1. The molecule has 0 radical (unpaired) electrons. The van der Waals surface area contributed by atoms with Crippen LogP contribution in [0.25, 0.3) is 21.9 Å². The normalized spacial score (nSPS) is 16.0. The maximum Gasteiger partial charge on any atom is 0.277 e. The van der Waals surface area contributed by atoms with Gasteiger partial charge in [-0.3, -0.25) is 9.36 Å². The number of nitrogens with two attached hydrogens (primary N) is 1. The van der Waals surface area contributed by atoms with Gasteiger partial charge in [0.05, 0.1) is 19.4 Å². The van der Waals surface area contributed by atoms with Gasteiger partial charge >= 0.3 is 0 Å². The molecule has 32 heavy (non-hydrogen) atoms. The van der Waals surface area contributed by atoms with E-state index in [0.717, 1.165) is 23.5 Å². The topological polar surface area (TPSA) is 77.7 Å². The van der Waals surface area contributed by atoms with Crippen molar-refractivity contribution in [1.29, 1.82) is 0 Å². The lowest BCUT2D eigenvalue weighted by molar-refractivity contribution is 0.0698. The Morgan fingerprint density at radius 2 is 2.00 bits per heavy atom. The van der Waals surface area contributed by atoms with Crippen LogP contribution in [0.3, 0.4) is 0 Å². The van der Waals surface area contributed by atoms with Crippen LogP contribution in [0.1, 0.15) is 23.3 Å². The smallest absolute Gasteiger partial charge is 0.277 e. The summed E-state index contributed by atoms with van der Waals surface area (Å²) in [6.07, 6.45) is 1.52. The highest BCUT2D eigenvalue weighted by Crippen LogP contribution is 2.30. The largest absolute Gasteiger partial charge is 0.497 e. The number of benzene rings is 2. The second-order valence-electron chi connectivity index (χ2n) is 7.54. The number of rotatable bonds is 4. The summed E-state index contributed by atoms with van der Waals surface area (Å²) in [5.41, 5.74) is 6.08. The van der Waals surface area contributed by atoms with E-state index >= 15 is 4.39 Å². The molecular weight excluding hydrogens is 416 g/mol. The Morgan fingerprint density at radius 1 is 1.25 bits per heavy atom. The van der Waals surface area contributed by atoms with Crippen LogP contribution in [-0.4, -0.2) is 46.6 Å². The summed E-state index contributed by atoms with van der Waals surface area (Å²) in [7, 11) is 1.51. The molecule has 164 valence electrons. The number of nitrogens with zero attached hydrogens (tertiary/aromatic N) is 4. The van der Waals surface area contributed by atoms with Crippen LogP contribution in [0.5, 0.6) is 5.75 Å². The number of aromatic nitrogens is 2. The van der Waals surface area contributed by atoms with Gasteiger partial charge in [0.15, 0.2) is 5.69 Å². The third kappa shape index (κ3) is 3.92. The number of methoxy groups -OCH3 is 1. The number of ether oxygens (including phenoxy) is 1. The number of hydrogen-bond acceptors (Lipinski definition) is 4. The minimum Gasteiger partial charge on any atom is -0.497 e. The molecule has 1 amide bonds. The lowest BCUT2D eigenvalue weighted by Gasteiger charge is -2.30. The summed E-state index contributed by atoms with van der Waals surface area (Å²) in [4.78, 5) is 22.0. The van der Waals surface area contributed by atoms with Crippen molar-refractivity contribution in [3.63, 3.8) is 0 Å². The van der Waals surface area contributed by atoms with Crippen molar-refractivity contribution < 1.29 is 18.3 Å². The molecule has 1 aliphatic rings. The van der Waals surface area contributed by atoms with E-state index in [4.69, 9.17) is 17.0 Å². The van der Waals surface area contributed by atoms with E-state index in [1.54, 1.807) is 24.3 Å². The van der Waals surface area contributed by atoms with Crippen molar-refractivity contribution in [2.45, 2.75) is 18.9 Å². The van der Waals surface area contributed by atoms with Gasteiger partial charge in [-0.15, -0.1) is 0 Å². The molecule has 1 aliphatic heterocycles. The van der Waals surface area contributed by atoms with Crippen LogP contribution < -0.4 is 10.5 Å². The Balaban J connectivity index is 1.85. The molecule has 0 spiro atoms. The monoisotopic (exact) mass is 437 g/mol. The quantitative estimate of drug-likeness (QED) is 0.628. The van der Waals surface area contributed by atoms with Gasteiger partial charge in [-0.25, -0.2) is 14.2 Å². The van der Waals surface area contributed by atoms with Crippen LogP contribution in [0, 0.1) is 18.3 Å². The number of imidazole rings is 1. The highest BCUT2D eigenvalue weighted by atomic mass is 19.1. The summed E-state index contributed by atoms with van der Waals surface area (Å²) >= 11 is 0. The number of halogens is 2. The summed E-state index contributed by atoms with van der Waals surface area (Å²) in [6, 6.07) is 10.2. The van der Waals surface area contributed by atoms with E-state index in [1.165, 1.54) is 24.1 Å². The molecule has 0 saturated carbocycles. The van der Waals surface area contributed by atoms with Crippen LogP contribution in [0.4, 0.5) is 14.5 Å². The van der Waals surface area contributed by atoms with Gasteiger partial charge < -0.3 is 15.4 Å². The summed E-state index contributed by atoms with van der Waals surface area (Å²) in [5.74, 6) is -1.56. The Hall–Kier alpha value is -3.77. The van der Waals surface area contributed by atoms with Crippen molar-refractivity contribution >= 4 is 11.6 Å². The lowest BCUT2D eigenvalue weighted by Crippen LogP contribution is -2.46. The molecule has 0 unspecified atom stereocenters. The highest BCUT2D eigenvalue weighted by molar-refractivity contribution is 5.93. The van der Waals surface area contributed by atoms with Crippen LogP contribution in [0.2, 0.25) is 0 Å². The maximum absolute atomic E-state index is 15.6. The summed E-state index contributed by atoms with van der Waals surface area (Å²) in [5, 5.41) is 0. The van der Waals surface area contributed by atoms with Crippen molar-refractivity contribution in [3.05, 3.63) is 71.3 Å². The van der Waals surface area contributed by atoms with E-state index < -0.39 is 17.7 Å². The first-order chi connectivity index (χ1) is 15.4. The molecule has 0 bridgehead atoms. The highest BCUT2D eigenvalue weighted by Gasteiger charge is 2.30. The third-order valence-corrected chi connectivity index (χ3v) is 5.43. The minimum atomic E-state index is -0.857. The Morgan fingerprint density at radius 3 is 2.62 bits per heavy atom. The molecule has 9 heteroatoms. The zero-order valence-corrected chi connectivity index (χ0v) is 17.4. The third-order valence-electron chi connectivity index (χ3n) is 5.43. The molecule has 7 nitrogen and oxygen atoms in total. The van der Waals surface area contributed by atoms with E-state index in [2.05, 4.69) is 9.83 Å². The molecule has 2 aromatic carbocycles. The predicted octanol–water partition coefficient (Wildman–Crippen LogP) is 3.94. The molecular formula is C23H21F2N5O2. The molecule has 1 atom stereocenters. The average Bonchev–Trinajstić information content (AvgIpc) is 3.15. The first-order valence-corrected chi connectivity index (χ1v) is 10.1. The minimum absolute atomic E-state index is 0.0488. The molecule has 4 rings (SSSR count). The van der Waals surface area contributed by atoms with Crippen LogP contribution >= 0.6 is 0 Å². The number of carbonyl (C=O) groups is 1. The molecule has 0 aliphatic carbocycles. The maximum atomic E-state index is 15.6. The number of carbonyl (C=O) groups excluding carboxylic acids is 1. The van der Waals surface area contributed by atoms with Gasteiger partial charge in [0.25, 0.3) is 5.91 Å². The van der Waals surface area contributed by atoms with Crippen molar-refractivity contribution in [3.8, 4) is 22.8 Å². The number of likely N-dealkylation sites (tertiary alicyclic amines) is 1. The van der Waals surface area contributed by atoms with Gasteiger partial charge in [-0.2, -0.15) is 4.39 Å². The fourth-order valence-corrected chi connectivity index (χ4v) is 3.78.